The molecule has 8 aromatic carbocycles. The van der Waals surface area contributed by atoms with Gasteiger partial charge < -0.3 is 4.90 Å². The van der Waals surface area contributed by atoms with E-state index in [9.17, 15) is 0 Å². The normalized spacial score (nSPS) is 13.1. The van der Waals surface area contributed by atoms with E-state index >= 15 is 0 Å². The lowest BCUT2D eigenvalue weighted by molar-refractivity contribution is 0.660. The van der Waals surface area contributed by atoms with Crippen molar-refractivity contribution in [3.8, 4) is 33.4 Å². The van der Waals surface area contributed by atoms with Crippen LogP contribution in [0, 0.1) is 0 Å². The van der Waals surface area contributed by atoms with E-state index in [0.717, 1.165) is 11.4 Å². The second-order valence-corrected chi connectivity index (χ2v) is 15.2. The van der Waals surface area contributed by atoms with Crippen molar-refractivity contribution in [2.45, 2.75) is 19.3 Å². The molecule has 2 heteroatoms. The number of hydrogen-bond donors (Lipinski definition) is 0. The van der Waals surface area contributed by atoms with Crippen molar-refractivity contribution in [1.29, 1.82) is 0 Å². The first-order chi connectivity index (χ1) is 25.1. The second-order valence-electron chi connectivity index (χ2n) is 14.1. The van der Waals surface area contributed by atoms with Crippen LogP contribution in [0.5, 0.6) is 0 Å². The van der Waals surface area contributed by atoms with E-state index in [4.69, 9.17) is 0 Å². The van der Waals surface area contributed by atoms with Gasteiger partial charge in [0.15, 0.2) is 0 Å². The minimum atomic E-state index is -0.117. The van der Waals surface area contributed by atoms with Crippen LogP contribution in [-0.4, -0.2) is 0 Å². The molecule has 0 fully saturated rings. The zero-order chi connectivity index (χ0) is 34.1. The average molecular weight is 670 g/mol. The summed E-state index contributed by atoms with van der Waals surface area (Å²) in [6, 6.07) is 64.9. The lowest BCUT2D eigenvalue weighted by Crippen LogP contribution is -2.17. The van der Waals surface area contributed by atoms with Crippen LogP contribution in [0.25, 0.3) is 64.3 Å². The summed E-state index contributed by atoms with van der Waals surface area (Å²) in [6.45, 7) is 4.74. The molecule has 0 radical (unpaired) electrons. The second kappa shape index (κ2) is 11.6. The van der Waals surface area contributed by atoms with Crippen molar-refractivity contribution in [2.75, 3.05) is 4.90 Å². The van der Waals surface area contributed by atoms with Crippen molar-refractivity contribution < 1.29 is 0 Å². The Morgan fingerprint density at radius 3 is 1.92 bits per heavy atom. The van der Waals surface area contributed by atoms with Crippen LogP contribution in [0.1, 0.15) is 25.0 Å². The zero-order valence-electron chi connectivity index (χ0n) is 28.6. The van der Waals surface area contributed by atoms with Gasteiger partial charge in [-0.25, -0.2) is 0 Å². The Morgan fingerprint density at radius 1 is 0.431 bits per heavy atom. The van der Waals surface area contributed by atoms with Crippen LogP contribution in [0.4, 0.5) is 17.1 Å². The first-order valence-corrected chi connectivity index (χ1v) is 18.5. The monoisotopic (exact) mass is 669 g/mol. The van der Waals surface area contributed by atoms with Crippen LogP contribution in [0.15, 0.2) is 176 Å². The minimum absolute atomic E-state index is 0.117. The lowest BCUT2D eigenvalue weighted by atomic mass is 9.82. The van der Waals surface area contributed by atoms with Gasteiger partial charge in [0.2, 0.25) is 0 Å². The number of benzene rings is 8. The Labute approximate surface area is 302 Å². The molecule has 0 amide bonds. The highest BCUT2D eigenvalue weighted by Crippen LogP contribution is 2.53. The maximum Gasteiger partial charge on any atom is 0.0555 e. The summed E-state index contributed by atoms with van der Waals surface area (Å²) in [4.78, 5) is 2.53. The number of rotatable bonds is 5. The van der Waals surface area contributed by atoms with Gasteiger partial charge in [-0.3, -0.25) is 0 Å². The molecule has 1 nitrogen and oxygen atoms in total. The molecule has 51 heavy (non-hydrogen) atoms. The quantitative estimate of drug-likeness (QED) is 0.176. The fourth-order valence-corrected chi connectivity index (χ4v) is 9.63. The molecule has 242 valence electrons. The molecule has 0 spiro atoms. The molecule has 0 atom stereocenters. The van der Waals surface area contributed by atoms with E-state index in [-0.39, 0.29) is 5.41 Å². The van der Waals surface area contributed by atoms with E-state index in [1.165, 1.54) is 81.1 Å². The zero-order valence-corrected chi connectivity index (χ0v) is 29.4. The first kappa shape index (κ1) is 29.9. The molecule has 0 unspecified atom stereocenters. The molecule has 0 saturated carbocycles. The number of hydrogen-bond acceptors (Lipinski definition) is 2. The van der Waals surface area contributed by atoms with Gasteiger partial charge >= 0.3 is 0 Å². The van der Waals surface area contributed by atoms with Gasteiger partial charge in [0.25, 0.3) is 0 Å². The Morgan fingerprint density at radius 2 is 1.06 bits per heavy atom. The van der Waals surface area contributed by atoms with Gasteiger partial charge in [-0.2, -0.15) is 0 Å². The topological polar surface area (TPSA) is 3.24 Å². The van der Waals surface area contributed by atoms with E-state index in [0.29, 0.717) is 0 Å². The fourth-order valence-electron chi connectivity index (χ4n) is 8.50. The van der Waals surface area contributed by atoms with Gasteiger partial charge in [0.1, 0.15) is 0 Å². The fraction of sp³-hybridized carbons (Fsp3) is 0.0612. The molecule has 1 aliphatic rings. The molecule has 1 aromatic heterocycles. The summed E-state index contributed by atoms with van der Waals surface area (Å²) in [6.07, 6.45) is 0. The van der Waals surface area contributed by atoms with E-state index in [1.54, 1.807) is 0 Å². The molecule has 1 aliphatic carbocycles. The van der Waals surface area contributed by atoms with Gasteiger partial charge in [0, 0.05) is 36.8 Å². The van der Waals surface area contributed by atoms with E-state index < -0.39 is 0 Å². The van der Waals surface area contributed by atoms with Gasteiger partial charge in [-0.05, 0) is 86.1 Å². The van der Waals surface area contributed by atoms with Crippen LogP contribution < -0.4 is 4.90 Å². The Balaban J connectivity index is 1.28. The molecule has 0 aliphatic heterocycles. The number of nitrogens with zero attached hydrogens (tertiary/aromatic N) is 1. The molecular weight excluding hydrogens is 635 g/mol. The Bertz CT molecular complexity index is 2780. The summed E-state index contributed by atoms with van der Waals surface area (Å²) >= 11 is 1.87. The van der Waals surface area contributed by atoms with E-state index in [1.807, 2.05) is 11.3 Å². The highest BCUT2D eigenvalue weighted by molar-refractivity contribution is 7.26. The summed E-state index contributed by atoms with van der Waals surface area (Å²) in [5, 5.41) is 5.08. The van der Waals surface area contributed by atoms with Crippen LogP contribution >= 0.6 is 11.3 Å². The summed E-state index contributed by atoms with van der Waals surface area (Å²) in [5.41, 5.74) is 13.7. The summed E-state index contributed by atoms with van der Waals surface area (Å²) in [7, 11) is 0. The predicted octanol–water partition coefficient (Wildman–Crippen LogP) is 14.3. The first-order valence-electron chi connectivity index (χ1n) is 17.7. The van der Waals surface area contributed by atoms with Crippen molar-refractivity contribution >= 4 is 59.3 Å². The Hall–Kier alpha value is -5.96. The molecule has 1 heterocycles. The standard InChI is InChI=1S/C49H35NS/c1-49(2)41-24-9-6-19-36(41)37-30-29-34(31-42(37)49)50(44-26-14-28-46-48(44)40-21-8-11-27-45(40)51-46)43-25-10-7-20-38(43)39-23-13-18-33-17-12-22-35(47(33)39)32-15-4-3-5-16-32/h3-31H,1-2H3. The smallest absolute Gasteiger partial charge is 0.0555 e. The highest BCUT2D eigenvalue weighted by Gasteiger charge is 2.36. The predicted molar refractivity (Wildman–Crippen MR) is 220 cm³/mol. The van der Waals surface area contributed by atoms with Crippen LogP contribution in [0.2, 0.25) is 0 Å². The molecule has 0 N–H and O–H groups in total. The minimum Gasteiger partial charge on any atom is -0.309 e. The largest absolute Gasteiger partial charge is 0.309 e. The molecule has 0 saturated heterocycles. The summed E-state index contributed by atoms with van der Waals surface area (Å²) < 4.78 is 2.60. The number of fused-ring (bicyclic) bond motifs is 7. The molecule has 9 aromatic rings. The van der Waals surface area contributed by atoms with Crippen molar-refractivity contribution in [3.63, 3.8) is 0 Å². The van der Waals surface area contributed by atoms with Crippen LogP contribution in [-0.2, 0) is 5.41 Å². The SMILES string of the molecule is CC1(C)c2ccccc2-c2ccc(N(c3ccccc3-c3cccc4cccc(-c5ccccc5)c34)c3cccc4sc5ccccc5c34)cc21. The summed E-state index contributed by atoms with van der Waals surface area (Å²) in [5.74, 6) is 0. The third kappa shape index (κ3) is 4.60. The highest BCUT2D eigenvalue weighted by atomic mass is 32.1. The van der Waals surface area contributed by atoms with Crippen molar-refractivity contribution in [3.05, 3.63) is 187 Å². The lowest BCUT2D eigenvalue weighted by Gasteiger charge is -2.30. The number of para-hydroxylation sites is 1. The van der Waals surface area contributed by atoms with E-state index in [2.05, 4.69) is 195 Å². The number of anilines is 3. The third-order valence-corrected chi connectivity index (χ3v) is 12.0. The molecule has 10 rings (SSSR count). The van der Waals surface area contributed by atoms with Crippen molar-refractivity contribution in [2.24, 2.45) is 0 Å². The van der Waals surface area contributed by atoms with Crippen molar-refractivity contribution in [1.82, 2.24) is 0 Å². The van der Waals surface area contributed by atoms with Crippen LogP contribution in [0.3, 0.4) is 0 Å². The van der Waals surface area contributed by atoms with Gasteiger partial charge in [-0.15, -0.1) is 11.3 Å². The van der Waals surface area contributed by atoms with Gasteiger partial charge in [-0.1, -0.05) is 153 Å². The third-order valence-electron chi connectivity index (χ3n) is 10.9. The number of thiophene rings is 1. The Kier molecular flexibility index (Phi) is 6.78. The average Bonchev–Trinajstić information content (AvgIpc) is 3.67. The maximum absolute atomic E-state index is 2.53. The molecule has 0 bridgehead atoms. The molecular formula is C49H35NS. The maximum atomic E-state index is 2.53. The van der Waals surface area contributed by atoms with Gasteiger partial charge in [0.05, 0.1) is 11.4 Å².